The molecule has 0 saturated heterocycles. The Kier molecular flexibility index (Phi) is 2.62. The Balaban J connectivity index is 2.17. The number of aromatic nitrogens is 2. The molecule has 2 aromatic rings. The molecular formula is C10H8F2N2O. The third-order valence-electron chi connectivity index (χ3n) is 1.85. The number of rotatable bonds is 3. The van der Waals surface area contributed by atoms with Gasteiger partial charge in [-0.15, -0.1) is 0 Å². The first-order valence-electron chi connectivity index (χ1n) is 4.30. The zero-order valence-electron chi connectivity index (χ0n) is 7.65. The number of H-pyrrole nitrogens is 1. The SMILES string of the molecule is FC(F)Oc1ccc(-c2ncc[nH]2)cc1. The van der Waals surface area contributed by atoms with Crippen LogP contribution in [0.3, 0.4) is 0 Å². The van der Waals surface area contributed by atoms with Crippen LogP contribution in [0, 0.1) is 0 Å². The molecule has 1 N–H and O–H groups in total. The summed E-state index contributed by atoms with van der Waals surface area (Å²) in [5.41, 5.74) is 0.821. The third kappa shape index (κ3) is 2.31. The van der Waals surface area contributed by atoms with Crippen LogP contribution in [-0.2, 0) is 0 Å². The van der Waals surface area contributed by atoms with Crippen molar-refractivity contribution in [3.63, 3.8) is 0 Å². The highest BCUT2D eigenvalue weighted by Crippen LogP contribution is 2.20. The summed E-state index contributed by atoms with van der Waals surface area (Å²) in [5, 5.41) is 0. The van der Waals surface area contributed by atoms with E-state index in [1.807, 2.05) is 0 Å². The number of hydrogen-bond donors (Lipinski definition) is 1. The lowest BCUT2D eigenvalue weighted by Crippen LogP contribution is -2.01. The van der Waals surface area contributed by atoms with Gasteiger partial charge in [-0.05, 0) is 24.3 Å². The van der Waals surface area contributed by atoms with Gasteiger partial charge in [0.25, 0.3) is 0 Å². The van der Waals surface area contributed by atoms with Crippen molar-refractivity contribution < 1.29 is 13.5 Å². The quantitative estimate of drug-likeness (QED) is 0.845. The van der Waals surface area contributed by atoms with Crippen LogP contribution in [0.1, 0.15) is 0 Å². The second kappa shape index (κ2) is 4.08. The van der Waals surface area contributed by atoms with Gasteiger partial charge in [-0.3, -0.25) is 0 Å². The van der Waals surface area contributed by atoms with Crippen LogP contribution in [0.15, 0.2) is 36.7 Å². The molecule has 0 amide bonds. The lowest BCUT2D eigenvalue weighted by atomic mass is 10.2. The molecule has 0 fully saturated rings. The van der Waals surface area contributed by atoms with Crippen molar-refractivity contribution in [2.45, 2.75) is 6.61 Å². The van der Waals surface area contributed by atoms with Gasteiger partial charge < -0.3 is 9.72 Å². The van der Waals surface area contributed by atoms with E-state index in [2.05, 4.69) is 14.7 Å². The molecule has 0 aliphatic carbocycles. The number of ether oxygens (including phenoxy) is 1. The van der Waals surface area contributed by atoms with Crippen LogP contribution in [0.4, 0.5) is 8.78 Å². The number of nitrogens with one attached hydrogen (secondary N) is 1. The van der Waals surface area contributed by atoms with Crippen LogP contribution in [0.5, 0.6) is 5.75 Å². The molecular weight excluding hydrogens is 202 g/mol. The zero-order valence-corrected chi connectivity index (χ0v) is 7.65. The van der Waals surface area contributed by atoms with Gasteiger partial charge in [0, 0.05) is 18.0 Å². The van der Waals surface area contributed by atoms with Crippen LogP contribution >= 0.6 is 0 Å². The Labute approximate surface area is 84.7 Å². The fourth-order valence-electron chi connectivity index (χ4n) is 1.22. The standard InChI is InChI=1S/C10H8F2N2O/c11-10(12)15-8-3-1-7(2-4-8)9-13-5-6-14-9/h1-6,10H,(H,13,14). The fraction of sp³-hybridized carbons (Fsp3) is 0.100. The van der Waals surface area contributed by atoms with Gasteiger partial charge in [0.05, 0.1) is 0 Å². The van der Waals surface area contributed by atoms with Gasteiger partial charge in [0.2, 0.25) is 0 Å². The first-order chi connectivity index (χ1) is 7.25. The van der Waals surface area contributed by atoms with Gasteiger partial charge >= 0.3 is 6.61 Å². The monoisotopic (exact) mass is 210 g/mol. The predicted octanol–water partition coefficient (Wildman–Crippen LogP) is 2.68. The van der Waals surface area contributed by atoms with E-state index in [-0.39, 0.29) is 5.75 Å². The van der Waals surface area contributed by atoms with Crippen molar-refractivity contribution in [3.8, 4) is 17.1 Å². The van der Waals surface area contributed by atoms with Crippen molar-refractivity contribution in [2.75, 3.05) is 0 Å². The minimum absolute atomic E-state index is 0.139. The summed E-state index contributed by atoms with van der Waals surface area (Å²) in [6.07, 6.45) is 3.32. The maximum atomic E-state index is 11.9. The van der Waals surface area contributed by atoms with Crippen LogP contribution in [0.2, 0.25) is 0 Å². The molecule has 0 saturated carbocycles. The smallest absolute Gasteiger partial charge is 0.387 e. The van der Waals surface area contributed by atoms with E-state index in [0.29, 0.717) is 5.82 Å². The Bertz CT molecular complexity index is 411. The van der Waals surface area contributed by atoms with Gasteiger partial charge in [-0.2, -0.15) is 8.78 Å². The second-order valence-electron chi connectivity index (χ2n) is 2.84. The highest BCUT2D eigenvalue weighted by Gasteiger charge is 2.04. The molecule has 0 unspecified atom stereocenters. The van der Waals surface area contributed by atoms with E-state index in [9.17, 15) is 8.78 Å². The molecule has 0 atom stereocenters. The second-order valence-corrected chi connectivity index (χ2v) is 2.84. The third-order valence-corrected chi connectivity index (χ3v) is 1.85. The van der Waals surface area contributed by atoms with Gasteiger partial charge in [-0.1, -0.05) is 0 Å². The molecule has 0 bridgehead atoms. The number of benzene rings is 1. The number of nitrogens with zero attached hydrogens (tertiary/aromatic N) is 1. The minimum Gasteiger partial charge on any atom is -0.435 e. The summed E-state index contributed by atoms with van der Waals surface area (Å²) in [6.45, 7) is -2.79. The van der Waals surface area contributed by atoms with Crippen molar-refractivity contribution in [1.29, 1.82) is 0 Å². The number of alkyl halides is 2. The molecule has 0 aliphatic heterocycles. The Hall–Kier alpha value is -1.91. The molecule has 0 spiro atoms. The minimum atomic E-state index is -2.79. The largest absolute Gasteiger partial charge is 0.435 e. The maximum absolute atomic E-state index is 11.9. The number of halogens is 2. The first-order valence-corrected chi connectivity index (χ1v) is 4.30. The van der Waals surface area contributed by atoms with Crippen LogP contribution < -0.4 is 4.74 Å². The molecule has 15 heavy (non-hydrogen) atoms. The van der Waals surface area contributed by atoms with E-state index in [0.717, 1.165) is 5.56 Å². The summed E-state index contributed by atoms with van der Waals surface area (Å²) in [6, 6.07) is 6.28. The van der Waals surface area contributed by atoms with Crippen molar-refractivity contribution in [2.24, 2.45) is 0 Å². The predicted molar refractivity (Wildman–Crippen MR) is 50.7 cm³/mol. The summed E-state index contributed by atoms with van der Waals surface area (Å²) in [4.78, 5) is 6.95. The molecule has 3 nitrogen and oxygen atoms in total. The molecule has 2 rings (SSSR count). The maximum Gasteiger partial charge on any atom is 0.387 e. The lowest BCUT2D eigenvalue weighted by Gasteiger charge is -2.04. The Morgan fingerprint density at radius 3 is 2.47 bits per heavy atom. The topological polar surface area (TPSA) is 37.9 Å². The van der Waals surface area contributed by atoms with Gasteiger partial charge in [-0.25, -0.2) is 4.98 Å². The van der Waals surface area contributed by atoms with Crippen molar-refractivity contribution in [1.82, 2.24) is 9.97 Å². The molecule has 78 valence electrons. The summed E-state index contributed by atoms with van der Waals surface area (Å²) in [7, 11) is 0. The number of hydrogen-bond acceptors (Lipinski definition) is 2. The first kappa shape index (κ1) is 9.64. The van der Waals surface area contributed by atoms with Crippen LogP contribution in [0.25, 0.3) is 11.4 Å². The molecule has 1 aromatic carbocycles. The molecule has 0 aliphatic rings. The molecule has 1 aromatic heterocycles. The van der Waals surface area contributed by atoms with Crippen LogP contribution in [-0.4, -0.2) is 16.6 Å². The molecule has 5 heteroatoms. The van der Waals surface area contributed by atoms with E-state index in [1.165, 1.54) is 12.1 Å². The van der Waals surface area contributed by atoms with Crippen molar-refractivity contribution in [3.05, 3.63) is 36.7 Å². The van der Waals surface area contributed by atoms with E-state index < -0.39 is 6.61 Å². The summed E-state index contributed by atoms with van der Waals surface area (Å²) in [5.74, 6) is 0.832. The normalized spacial score (nSPS) is 10.6. The average molecular weight is 210 g/mol. The van der Waals surface area contributed by atoms with E-state index >= 15 is 0 Å². The average Bonchev–Trinajstić information content (AvgIpc) is 2.71. The highest BCUT2D eigenvalue weighted by molar-refractivity contribution is 5.55. The van der Waals surface area contributed by atoms with Gasteiger partial charge in [0.1, 0.15) is 11.6 Å². The van der Waals surface area contributed by atoms with Crippen molar-refractivity contribution >= 4 is 0 Å². The molecule has 1 heterocycles. The number of imidazole rings is 1. The van der Waals surface area contributed by atoms with E-state index in [1.54, 1.807) is 24.5 Å². The highest BCUT2D eigenvalue weighted by atomic mass is 19.3. The lowest BCUT2D eigenvalue weighted by molar-refractivity contribution is -0.0498. The Morgan fingerprint density at radius 1 is 1.20 bits per heavy atom. The summed E-state index contributed by atoms with van der Waals surface area (Å²) >= 11 is 0. The van der Waals surface area contributed by atoms with Gasteiger partial charge in [0.15, 0.2) is 0 Å². The summed E-state index contributed by atoms with van der Waals surface area (Å²) < 4.78 is 27.9. The number of aromatic amines is 1. The fourth-order valence-corrected chi connectivity index (χ4v) is 1.22. The molecule has 0 radical (unpaired) electrons. The van der Waals surface area contributed by atoms with E-state index in [4.69, 9.17) is 0 Å². The Morgan fingerprint density at radius 2 is 1.93 bits per heavy atom. The zero-order chi connectivity index (χ0) is 10.7.